The molecule has 234 valence electrons. The zero-order chi connectivity index (χ0) is 32.0. The third-order valence-electron chi connectivity index (χ3n) is 7.30. The highest BCUT2D eigenvalue weighted by Gasteiger charge is 2.35. The number of carbonyl (C=O) groups excluding carboxylic acids is 2. The van der Waals surface area contributed by atoms with Gasteiger partial charge >= 0.3 is 0 Å². The van der Waals surface area contributed by atoms with E-state index in [0.29, 0.717) is 40.3 Å². The monoisotopic (exact) mass is 667 g/mol. The van der Waals surface area contributed by atoms with Crippen molar-refractivity contribution < 1.29 is 27.5 Å². The molecule has 1 aliphatic rings. The zero-order valence-electron chi connectivity index (χ0n) is 24.4. The number of fused-ring (bicyclic) bond motifs is 1. The van der Waals surface area contributed by atoms with Gasteiger partial charge in [-0.2, -0.15) is 0 Å². The van der Waals surface area contributed by atoms with Crippen LogP contribution in [0.2, 0.25) is 10.0 Å². The molecule has 1 heterocycles. The van der Waals surface area contributed by atoms with E-state index in [1.807, 2.05) is 30.3 Å². The van der Waals surface area contributed by atoms with Crippen molar-refractivity contribution in [3.8, 4) is 11.5 Å². The molecule has 1 N–H and O–H groups in total. The second-order valence-electron chi connectivity index (χ2n) is 10.2. The quantitative estimate of drug-likeness (QED) is 0.231. The van der Waals surface area contributed by atoms with Crippen LogP contribution < -0.4 is 19.1 Å². The van der Waals surface area contributed by atoms with E-state index in [0.717, 1.165) is 9.87 Å². The van der Waals surface area contributed by atoms with E-state index in [-0.39, 0.29) is 23.5 Å². The van der Waals surface area contributed by atoms with Crippen molar-refractivity contribution in [1.82, 2.24) is 10.2 Å². The lowest BCUT2D eigenvalue weighted by Gasteiger charge is -2.34. The molecule has 45 heavy (non-hydrogen) atoms. The number of benzene rings is 4. The Bertz CT molecular complexity index is 1770. The predicted molar refractivity (Wildman–Crippen MR) is 173 cm³/mol. The zero-order valence-corrected chi connectivity index (χ0v) is 26.7. The van der Waals surface area contributed by atoms with Crippen molar-refractivity contribution in [3.63, 3.8) is 0 Å². The summed E-state index contributed by atoms with van der Waals surface area (Å²) >= 11 is 12.7. The lowest BCUT2D eigenvalue weighted by atomic mass is 10.0. The first-order valence-electron chi connectivity index (χ1n) is 14.1. The topological polar surface area (TPSA) is 105 Å². The van der Waals surface area contributed by atoms with Crippen molar-refractivity contribution in [1.29, 1.82) is 0 Å². The average Bonchev–Trinajstić information content (AvgIpc) is 3.06. The smallest absolute Gasteiger partial charge is 0.264 e. The number of nitrogens with zero attached hydrogens (tertiary/aromatic N) is 2. The Balaban J connectivity index is 1.58. The fourth-order valence-corrected chi connectivity index (χ4v) is 6.88. The fraction of sp³-hybridized carbons (Fsp3) is 0.212. The van der Waals surface area contributed by atoms with Gasteiger partial charge in [0.1, 0.15) is 25.8 Å². The van der Waals surface area contributed by atoms with Crippen LogP contribution in [0.4, 0.5) is 5.69 Å². The Kier molecular flexibility index (Phi) is 10.2. The van der Waals surface area contributed by atoms with Crippen molar-refractivity contribution in [2.45, 2.75) is 23.9 Å². The molecule has 1 unspecified atom stereocenters. The fourth-order valence-electron chi connectivity index (χ4n) is 4.99. The Labute approximate surface area is 272 Å². The number of carbonyl (C=O) groups is 2. The lowest BCUT2D eigenvalue weighted by molar-refractivity contribution is -0.139. The van der Waals surface area contributed by atoms with E-state index < -0.39 is 34.4 Å². The Morgan fingerprint density at radius 1 is 0.867 bits per heavy atom. The molecule has 0 bridgehead atoms. The molecule has 0 saturated carbocycles. The molecule has 0 radical (unpaired) electrons. The van der Waals surface area contributed by atoms with Gasteiger partial charge in [-0.25, -0.2) is 8.42 Å². The Morgan fingerprint density at radius 3 is 2.20 bits per heavy atom. The summed E-state index contributed by atoms with van der Waals surface area (Å²) in [7, 11) is -2.78. The number of ether oxygens (including phenoxy) is 2. The molecular weight excluding hydrogens is 637 g/mol. The van der Waals surface area contributed by atoms with Gasteiger partial charge in [0.05, 0.1) is 10.6 Å². The minimum Gasteiger partial charge on any atom is -0.486 e. The molecule has 2 amide bonds. The highest BCUT2D eigenvalue weighted by Crippen LogP contribution is 2.36. The third kappa shape index (κ3) is 7.53. The molecule has 0 spiro atoms. The molecule has 0 fully saturated rings. The van der Waals surface area contributed by atoms with Crippen molar-refractivity contribution in [2.75, 3.05) is 31.1 Å². The minimum atomic E-state index is -4.26. The summed E-state index contributed by atoms with van der Waals surface area (Å²) in [5, 5.41) is 3.37. The van der Waals surface area contributed by atoms with Gasteiger partial charge in [-0.3, -0.25) is 13.9 Å². The SMILES string of the molecule is CNC(=O)C(Cc1ccccc1)N(Cc1ccc(Cl)cc1Cl)C(=O)CN(c1ccc2c(c1)OCCO2)S(=O)(=O)c1ccccc1. The van der Waals surface area contributed by atoms with Crippen LogP contribution in [-0.2, 0) is 32.6 Å². The van der Waals surface area contributed by atoms with Gasteiger partial charge in [-0.05, 0) is 47.5 Å². The molecule has 4 aromatic rings. The number of sulfonamides is 1. The van der Waals surface area contributed by atoms with Crippen molar-refractivity contribution in [2.24, 2.45) is 0 Å². The number of nitrogens with one attached hydrogen (secondary N) is 1. The average molecular weight is 669 g/mol. The first kappa shape index (κ1) is 32.2. The normalized spacial score (nSPS) is 13.0. The van der Waals surface area contributed by atoms with Gasteiger partial charge in [-0.1, -0.05) is 77.8 Å². The van der Waals surface area contributed by atoms with E-state index in [9.17, 15) is 18.0 Å². The van der Waals surface area contributed by atoms with Crippen molar-refractivity contribution >= 4 is 50.7 Å². The van der Waals surface area contributed by atoms with Crippen LogP contribution in [0.5, 0.6) is 11.5 Å². The largest absolute Gasteiger partial charge is 0.486 e. The van der Waals surface area contributed by atoms with Crippen LogP contribution in [0.3, 0.4) is 0 Å². The molecule has 9 nitrogen and oxygen atoms in total. The molecule has 0 aromatic heterocycles. The highest BCUT2D eigenvalue weighted by molar-refractivity contribution is 7.92. The van der Waals surface area contributed by atoms with E-state index in [2.05, 4.69) is 5.32 Å². The number of likely N-dealkylation sites (N-methyl/N-ethyl adjacent to an activating group) is 1. The van der Waals surface area contributed by atoms with Gasteiger partial charge in [0.25, 0.3) is 10.0 Å². The summed E-state index contributed by atoms with van der Waals surface area (Å²) in [4.78, 5) is 29.2. The maximum atomic E-state index is 14.4. The van der Waals surface area contributed by atoms with Crippen molar-refractivity contribution in [3.05, 3.63) is 118 Å². The van der Waals surface area contributed by atoms with Crippen LogP contribution in [0.15, 0.2) is 102 Å². The molecule has 4 aromatic carbocycles. The van der Waals surface area contributed by atoms with Gasteiger partial charge < -0.3 is 19.7 Å². The summed E-state index contributed by atoms with van der Waals surface area (Å²) in [5.41, 5.74) is 1.54. The number of rotatable bonds is 11. The second kappa shape index (κ2) is 14.2. The first-order chi connectivity index (χ1) is 21.7. The summed E-state index contributed by atoms with van der Waals surface area (Å²) < 4.78 is 40.6. The molecule has 5 rings (SSSR count). The summed E-state index contributed by atoms with van der Waals surface area (Å²) in [6.45, 7) is -0.0460. The number of anilines is 1. The molecular formula is C33H31Cl2N3O6S. The van der Waals surface area contributed by atoms with E-state index >= 15 is 0 Å². The first-order valence-corrected chi connectivity index (χ1v) is 16.3. The maximum absolute atomic E-state index is 14.4. The number of hydrogen-bond acceptors (Lipinski definition) is 6. The molecule has 1 atom stereocenters. The standard InChI is InChI=1S/C33H31Cl2N3O6S/c1-36-33(40)29(18-23-8-4-2-5-9-23)37(21-24-12-13-25(34)19-28(24)35)32(39)22-38(45(41,42)27-10-6-3-7-11-27)26-14-15-30-31(20-26)44-17-16-43-30/h2-15,19-20,29H,16-18,21-22H2,1H3,(H,36,40). The van der Waals surface area contributed by atoms with Crippen LogP contribution >= 0.6 is 23.2 Å². The van der Waals surface area contributed by atoms with Crippen LogP contribution in [0.25, 0.3) is 0 Å². The molecule has 0 aliphatic carbocycles. The third-order valence-corrected chi connectivity index (χ3v) is 9.67. The van der Waals surface area contributed by atoms with Crippen LogP contribution in [0.1, 0.15) is 11.1 Å². The Morgan fingerprint density at radius 2 is 1.53 bits per heavy atom. The molecule has 1 aliphatic heterocycles. The van der Waals surface area contributed by atoms with Crippen LogP contribution in [-0.4, -0.2) is 58.0 Å². The minimum absolute atomic E-state index is 0.00729. The predicted octanol–water partition coefficient (Wildman–Crippen LogP) is 5.35. The van der Waals surface area contributed by atoms with Gasteiger partial charge in [0.15, 0.2) is 11.5 Å². The number of amides is 2. The number of halogens is 2. The van der Waals surface area contributed by atoms with Gasteiger partial charge in [0.2, 0.25) is 11.8 Å². The summed E-state index contributed by atoms with van der Waals surface area (Å²) in [6, 6.07) is 25.6. The summed E-state index contributed by atoms with van der Waals surface area (Å²) in [5.74, 6) is -0.222. The van der Waals surface area contributed by atoms with Gasteiger partial charge in [-0.15, -0.1) is 0 Å². The highest BCUT2D eigenvalue weighted by atomic mass is 35.5. The van der Waals surface area contributed by atoms with E-state index in [4.69, 9.17) is 32.7 Å². The second-order valence-corrected chi connectivity index (χ2v) is 12.9. The molecule has 0 saturated heterocycles. The van der Waals surface area contributed by atoms with Gasteiger partial charge in [0, 0.05) is 36.1 Å². The maximum Gasteiger partial charge on any atom is 0.264 e. The molecule has 12 heteroatoms. The van der Waals surface area contributed by atoms with E-state index in [1.165, 1.54) is 30.1 Å². The van der Waals surface area contributed by atoms with Crippen LogP contribution in [0, 0.1) is 0 Å². The van der Waals surface area contributed by atoms with E-state index in [1.54, 1.807) is 48.5 Å². The Hall–Kier alpha value is -4.25. The summed E-state index contributed by atoms with van der Waals surface area (Å²) in [6.07, 6.45) is 0.174. The lowest BCUT2D eigenvalue weighted by Crippen LogP contribution is -2.53. The number of hydrogen-bond donors (Lipinski definition) is 1.